The minimum absolute atomic E-state index is 0.499. The molecule has 0 atom stereocenters. The molecule has 0 aliphatic rings. The summed E-state index contributed by atoms with van der Waals surface area (Å²) < 4.78 is 11.4. The summed E-state index contributed by atoms with van der Waals surface area (Å²) in [5, 5.41) is 2.12. The second-order valence-corrected chi connectivity index (χ2v) is 3.83. The van der Waals surface area contributed by atoms with Gasteiger partial charge in [0.05, 0.1) is 5.39 Å². The summed E-state index contributed by atoms with van der Waals surface area (Å²) in [4.78, 5) is 0. The number of benzene rings is 2. The van der Waals surface area contributed by atoms with Gasteiger partial charge < -0.3 is 9.15 Å². The van der Waals surface area contributed by atoms with Gasteiger partial charge in [-0.2, -0.15) is 0 Å². The molecule has 3 rings (SSSR count). The van der Waals surface area contributed by atoms with E-state index in [0.29, 0.717) is 6.61 Å². The Labute approximate surface area is 99.1 Å². The highest BCUT2D eigenvalue weighted by Gasteiger charge is 2.10. The predicted octanol–water partition coefficient (Wildman–Crippen LogP) is 4.15. The molecule has 3 aromatic rings. The van der Waals surface area contributed by atoms with Crippen LogP contribution in [0, 0.1) is 0 Å². The van der Waals surface area contributed by atoms with Gasteiger partial charge in [-0.05, 0) is 18.2 Å². The lowest BCUT2D eigenvalue weighted by Gasteiger charge is -2.03. The molecule has 2 heteroatoms. The van der Waals surface area contributed by atoms with Crippen molar-refractivity contribution < 1.29 is 9.15 Å². The van der Waals surface area contributed by atoms with Crippen molar-refractivity contribution in [2.75, 3.05) is 6.61 Å². The van der Waals surface area contributed by atoms with Crippen LogP contribution < -0.4 is 4.74 Å². The summed E-state index contributed by atoms with van der Waals surface area (Å²) in [6.07, 6.45) is 1.74. The second kappa shape index (κ2) is 3.98. The maximum Gasteiger partial charge on any atom is 0.139 e. The van der Waals surface area contributed by atoms with Gasteiger partial charge >= 0.3 is 0 Å². The summed E-state index contributed by atoms with van der Waals surface area (Å²) in [6.45, 7) is 4.16. The smallest absolute Gasteiger partial charge is 0.139 e. The molecular formula is C15H12O2. The van der Waals surface area contributed by atoms with Gasteiger partial charge in [-0.15, -0.1) is 0 Å². The topological polar surface area (TPSA) is 22.4 Å². The van der Waals surface area contributed by atoms with Crippen LogP contribution in [0.1, 0.15) is 0 Å². The van der Waals surface area contributed by atoms with E-state index in [1.807, 2.05) is 42.5 Å². The first-order valence-electron chi connectivity index (χ1n) is 5.54. The average Bonchev–Trinajstić information content (AvgIpc) is 2.75. The lowest BCUT2D eigenvalue weighted by atomic mass is 10.1. The number of hydrogen-bond donors (Lipinski definition) is 0. The van der Waals surface area contributed by atoms with E-state index < -0.39 is 0 Å². The van der Waals surface area contributed by atoms with E-state index in [9.17, 15) is 0 Å². The maximum atomic E-state index is 5.77. The first kappa shape index (κ1) is 9.97. The molecule has 0 amide bonds. The Kier molecular flexibility index (Phi) is 2.33. The van der Waals surface area contributed by atoms with Crippen LogP contribution in [0.25, 0.3) is 21.9 Å². The summed E-state index contributed by atoms with van der Waals surface area (Å²) >= 11 is 0. The monoisotopic (exact) mass is 224 g/mol. The Morgan fingerprint density at radius 3 is 2.76 bits per heavy atom. The van der Waals surface area contributed by atoms with Crippen molar-refractivity contribution in [3.05, 3.63) is 55.1 Å². The molecule has 0 N–H and O–H groups in total. The van der Waals surface area contributed by atoms with Crippen LogP contribution in [0.3, 0.4) is 0 Å². The summed E-state index contributed by atoms with van der Waals surface area (Å²) in [6, 6.07) is 13.8. The van der Waals surface area contributed by atoms with Gasteiger partial charge in [-0.3, -0.25) is 0 Å². The van der Waals surface area contributed by atoms with E-state index >= 15 is 0 Å². The van der Waals surface area contributed by atoms with Crippen LogP contribution in [0.5, 0.6) is 5.75 Å². The molecule has 17 heavy (non-hydrogen) atoms. The number of ether oxygens (including phenoxy) is 1. The van der Waals surface area contributed by atoms with Gasteiger partial charge in [0.25, 0.3) is 0 Å². The zero-order chi connectivity index (χ0) is 11.7. The molecule has 2 aromatic carbocycles. The molecule has 1 aromatic heterocycles. The molecule has 0 aliphatic carbocycles. The Balaban J connectivity index is 2.31. The van der Waals surface area contributed by atoms with Crippen molar-refractivity contribution in [3.63, 3.8) is 0 Å². The molecule has 0 saturated carbocycles. The van der Waals surface area contributed by atoms with Crippen molar-refractivity contribution in [2.24, 2.45) is 0 Å². The van der Waals surface area contributed by atoms with E-state index in [-0.39, 0.29) is 0 Å². The Morgan fingerprint density at radius 2 is 1.88 bits per heavy atom. The second-order valence-electron chi connectivity index (χ2n) is 3.83. The molecule has 0 radical (unpaired) electrons. The van der Waals surface area contributed by atoms with Gasteiger partial charge in [-0.1, -0.05) is 36.9 Å². The molecule has 0 unspecified atom stereocenters. The normalized spacial score (nSPS) is 10.8. The standard InChI is InChI=1S/C15H12O2/c1-2-10-16-13-8-5-9-14-15(13)11-6-3-4-7-12(11)17-14/h2-9H,1,10H2. The van der Waals surface area contributed by atoms with Crippen LogP contribution in [-0.2, 0) is 0 Å². The third-order valence-electron chi connectivity index (χ3n) is 2.72. The quantitative estimate of drug-likeness (QED) is 0.623. The first-order valence-corrected chi connectivity index (χ1v) is 5.54. The number of rotatable bonds is 3. The highest BCUT2D eigenvalue weighted by molar-refractivity contribution is 6.08. The van der Waals surface area contributed by atoms with E-state index in [4.69, 9.17) is 9.15 Å². The van der Waals surface area contributed by atoms with Crippen LogP contribution in [0.15, 0.2) is 59.5 Å². The number of fused-ring (bicyclic) bond motifs is 3. The van der Waals surface area contributed by atoms with Gasteiger partial charge in [0.2, 0.25) is 0 Å². The third kappa shape index (κ3) is 1.58. The Hall–Kier alpha value is -2.22. The predicted molar refractivity (Wildman–Crippen MR) is 69.4 cm³/mol. The van der Waals surface area contributed by atoms with E-state index in [2.05, 4.69) is 6.58 Å². The molecule has 84 valence electrons. The van der Waals surface area contributed by atoms with Crippen LogP contribution in [0.2, 0.25) is 0 Å². The highest BCUT2D eigenvalue weighted by atomic mass is 16.5. The maximum absolute atomic E-state index is 5.77. The van der Waals surface area contributed by atoms with Crippen molar-refractivity contribution in [1.29, 1.82) is 0 Å². The number of furan rings is 1. The van der Waals surface area contributed by atoms with Gasteiger partial charge in [0, 0.05) is 5.39 Å². The minimum atomic E-state index is 0.499. The fourth-order valence-corrected chi connectivity index (χ4v) is 2.01. The van der Waals surface area contributed by atoms with Crippen molar-refractivity contribution in [2.45, 2.75) is 0 Å². The molecular weight excluding hydrogens is 212 g/mol. The molecule has 0 bridgehead atoms. The van der Waals surface area contributed by atoms with Gasteiger partial charge in [-0.25, -0.2) is 0 Å². The Morgan fingerprint density at radius 1 is 1.06 bits per heavy atom. The lowest BCUT2D eigenvalue weighted by Crippen LogP contribution is -1.92. The third-order valence-corrected chi connectivity index (χ3v) is 2.72. The molecule has 0 saturated heterocycles. The summed E-state index contributed by atoms with van der Waals surface area (Å²) in [7, 11) is 0. The average molecular weight is 224 g/mol. The molecule has 2 nitrogen and oxygen atoms in total. The van der Waals surface area contributed by atoms with E-state index in [1.54, 1.807) is 6.08 Å². The largest absolute Gasteiger partial charge is 0.489 e. The van der Waals surface area contributed by atoms with Gasteiger partial charge in [0.15, 0.2) is 0 Å². The van der Waals surface area contributed by atoms with Crippen LogP contribution >= 0.6 is 0 Å². The minimum Gasteiger partial charge on any atom is -0.489 e. The highest BCUT2D eigenvalue weighted by Crippen LogP contribution is 2.35. The number of para-hydroxylation sites is 1. The van der Waals surface area contributed by atoms with E-state index in [1.165, 1.54) is 0 Å². The Bertz CT molecular complexity index is 680. The fraction of sp³-hybridized carbons (Fsp3) is 0.0667. The fourth-order valence-electron chi connectivity index (χ4n) is 2.01. The van der Waals surface area contributed by atoms with Crippen molar-refractivity contribution in [1.82, 2.24) is 0 Å². The van der Waals surface area contributed by atoms with Crippen LogP contribution in [0.4, 0.5) is 0 Å². The SMILES string of the molecule is C=CCOc1cccc2oc3ccccc3c12. The van der Waals surface area contributed by atoms with Gasteiger partial charge in [0.1, 0.15) is 23.5 Å². The lowest BCUT2D eigenvalue weighted by molar-refractivity contribution is 0.367. The first-order chi connectivity index (χ1) is 8.40. The summed E-state index contributed by atoms with van der Waals surface area (Å²) in [5.74, 6) is 0.840. The van der Waals surface area contributed by atoms with Crippen molar-refractivity contribution >= 4 is 21.9 Å². The van der Waals surface area contributed by atoms with E-state index in [0.717, 1.165) is 27.7 Å². The number of hydrogen-bond acceptors (Lipinski definition) is 2. The molecule has 0 spiro atoms. The van der Waals surface area contributed by atoms with Crippen molar-refractivity contribution in [3.8, 4) is 5.75 Å². The van der Waals surface area contributed by atoms with Crippen LogP contribution in [-0.4, -0.2) is 6.61 Å². The molecule has 0 fully saturated rings. The molecule has 1 heterocycles. The summed E-state index contributed by atoms with van der Waals surface area (Å²) in [5.41, 5.74) is 1.74. The zero-order valence-electron chi connectivity index (χ0n) is 9.35. The zero-order valence-corrected chi connectivity index (χ0v) is 9.35. The molecule has 0 aliphatic heterocycles.